The second-order valence-electron chi connectivity index (χ2n) is 4.49. The largest absolute Gasteiger partial charge is 0.507 e. The molecule has 2 aromatic rings. The standard InChI is InChI=1S/C13H18N4O2/c1-9(13-10(18)4-3-5-11(13)19)14-7-6-12-16-15-8-17(12)2/h3-5,8-9,14,18-19H,6-7H2,1-2H3. The Morgan fingerprint density at radius 1 is 1.32 bits per heavy atom. The molecule has 0 bridgehead atoms. The normalized spacial score (nSPS) is 12.5. The predicted octanol–water partition coefficient (Wildman–Crippen LogP) is 1.12. The van der Waals surface area contributed by atoms with E-state index in [4.69, 9.17) is 0 Å². The zero-order chi connectivity index (χ0) is 13.8. The van der Waals surface area contributed by atoms with Crippen LogP contribution in [0, 0.1) is 0 Å². The molecule has 0 radical (unpaired) electrons. The van der Waals surface area contributed by atoms with Gasteiger partial charge in [0.15, 0.2) is 0 Å². The lowest BCUT2D eigenvalue weighted by atomic mass is 10.1. The molecule has 6 nitrogen and oxygen atoms in total. The fraction of sp³-hybridized carbons (Fsp3) is 0.385. The molecule has 1 aromatic heterocycles. The zero-order valence-electron chi connectivity index (χ0n) is 11.0. The third kappa shape index (κ3) is 3.03. The fourth-order valence-electron chi connectivity index (χ4n) is 2.02. The van der Waals surface area contributed by atoms with E-state index in [0.29, 0.717) is 12.1 Å². The average molecular weight is 262 g/mol. The number of aryl methyl sites for hydroxylation is 1. The van der Waals surface area contributed by atoms with E-state index < -0.39 is 0 Å². The summed E-state index contributed by atoms with van der Waals surface area (Å²) in [7, 11) is 1.90. The molecule has 0 spiro atoms. The Kier molecular flexibility index (Phi) is 4.01. The van der Waals surface area contributed by atoms with Gasteiger partial charge in [0.1, 0.15) is 23.7 Å². The minimum Gasteiger partial charge on any atom is -0.507 e. The second kappa shape index (κ2) is 5.71. The molecule has 1 atom stereocenters. The van der Waals surface area contributed by atoms with Gasteiger partial charge in [-0.25, -0.2) is 0 Å². The summed E-state index contributed by atoms with van der Waals surface area (Å²) in [5.41, 5.74) is 0.514. The van der Waals surface area contributed by atoms with E-state index in [1.807, 2.05) is 18.5 Å². The Labute approximate surface area is 111 Å². The molecule has 102 valence electrons. The monoisotopic (exact) mass is 262 g/mol. The summed E-state index contributed by atoms with van der Waals surface area (Å²) in [4.78, 5) is 0. The number of rotatable bonds is 5. The molecule has 0 fully saturated rings. The van der Waals surface area contributed by atoms with E-state index >= 15 is 0 Å². The van der Waals surface area contributed by atoms with E-state index in [0.717, 1.165) is 12.2 Å². The number of phenolic OH excluding ortho intramolecular Hbond substituents is 2. The van der Waals surface area contributed by atoms with Crippen molar-refractivity contribution in [3.63, 3.8) is 0 Å². The van der Waals surface area contributed by atoms with Crippen molar-refractivity contribution in [3.8, 4) is 11.5 Å². The van der Waals surface area contributed by atoms with E-state index in [2.05, 4.69) is 15.5 Å². The Morgan fingerprint density at radius 3 is 2.58 bits per heavy atom. The molecule has 0 saturated carbocycles. The van der Waals surface area contributed by atoms with E-state index in [9.17, 15) is 10.2 Å². The molecule has 2 rings (SSSR count). The molecule has 1 heterocycles. The number of phenols is 2. The molecule has 0 saturated heterocycles. The lowest BCUT2D eigenvalue weighted by Gasteiger charge is -2.16. The highest BCUT2D eigenvalue weighted by Crippen LogP contribution is 2.31. The smallest absolute Gasteiger partial charge is 0.133 e. The molecular formula is C13H18N4O2. The van der Waals surface area contributed by atoms with Crippen molar-refractivity contribution in [3.05, 3.63) is 35.9 Å². The maximum Gasteiger partial charge on any atom is 0.133 e. The van der Waals surface area contributed by atoms with Gasteiger partial charge in [0, 0.05) is 26.1 Å². The van der Waals surface area contributed by atoms with E-state index in [1.54, 1.807) is 24.5 Å². The van der Waals surface area contributed by atoms with E-state index in [1.165, 1.54) is 0 Å². The van der Waals surface area contributed by atoms with Crippen molar-refractivity contribution in [1.82, 2.24) is 20.1 Å². The van der Waals surface area contributed by atoms with Gasteiger partial charge in [0.05, 0.1) is 5.56 Å². The second-order valence-corrected chi connectivity index (χ2v) is 4.49. The minimum absolute atomic E-state index is 0.0960. The average Bonchev–Trinajstić information content (AvgIpc) is 2.75. The number of nitrogens with zero attached hydrogens (tertiary/aromatic N) is 3. The highest BCUT2D eigenvalue weighted by Gasteiger charge is 2.14. The number of hydrogen-bond acceptors (Lipinski definition) is 5. The summed E-state index contributed by atoms with van der Waals surface area (Å²) in [6.45, 7) is 2.58. The molecule has 1 aromatic carbocycles. The SMILES string of the molecule is CC(NCCc1nncn1C)c1c(O)cccc1O. The molecule has 19 heavy (non-hydrogen) atoms. The van der Waals surface area contributed by atoms with Crippen LogP contribution in [0.4, 0.5) is 0 Å². The fourth-order valence-corrected chi connectivity index (χ4v) is 2.02. The van der Waals surface area contributed by atoms with Crippen molar-refractivity contribution in [2.75, 3.05) is 6.54 Å². The Balaban J connectivity index is 1.95. The third-order valence-electron chi connectivity index (χ3n) is 3.10. The van der Waals surface area contributed by atoms with Crippen LogP contribution < -0.4 is 5.32 Å². The number of hydrogen-bond donors (Lipinski definition) is 3. The molecule has 0 aliphatic rings. The summed E-state index contributed by atoms with van der Waals surface area (Å²) in [6.07, 6.45) is 2.39. The van der Waals surface area contributed by atoms with Crippen LogP contribution >= 0.6 is 0 Å². The molecule has 0 aliphatic carbocycles. The molecular weight excluding hydrogens is 244 g/mol. The van der Waals surface area contributed by atoms with Crippen LogP contribution in [0.25, 0.3) is 0 Å². The van der Waals surface area contributed by atoms with Crippen molar-refractivity contribution in [2.45, 2.75) is 19.4 Å². The first-order chi connectivity index (χ1) is 9.09. The van der Waals surface area contributed by atoms with Gasteiger partial charge in [0.2, 0.25) is 0 Å². The molecule has 0 aliphatic heterocycles. The Bertz CT molecular complexity index is 533. The number of aromatic hydroxyl groups is 2. The van der Waals surface area contributed by atoms with Gasteiger partial charge in [-0.15, -0.1) is 10.2 Å². The van der Waals surface area contributed by atoms with Gasteiger partial charge >= 0.3 is 0 Å². The Morgan fingerprint density at radius 2 is 2.00 bits per heavy atom. The van der Waals surface area contributed by atoms with Gasteiger partial charge in [-0.2, -0.15) is 0 Å². The summed E-state index contributed by atoms with van der Waals surface area (Å²) in [5.74, 6) is 1.08. The van der Waals surface area contributed by atoms with Crippen molar-refractivity contribution >= 4 is 0 Å². The number of aromatic nitrogens is 3. The molecule has 3 N–H and O–H groups in total. The van der Waals surface area contributed by atoms with Gasteiger partial charge in [0.25, 0.3) is 0 Å². The van der Waals surface area contributed by atoms with Gasteiger partial charge in [-0.05, 0) is 19.1 Å². The zero-order valence-corrected chi connectivity index (χ0v) is 11.0. The first-order valence-corrected chi connectivity index (χ1v) is 6.16. The first kappa shape index (κ1) is 13.4. The lowest BCUT2D eigenvalue weighted by Crippen LogP contribution is -2.22. The number of nitrogens with one attached hydrogen (secondary N) is 1. The number of benzene rings is 1. The third-order valence-corrected chi connectivity index (χ3v) is 3.10. The summed E-state index contributed by atoms with van der Waals surface area (Å²) in [6, 6.07) is 4.60. The summed E-state index contributed by atoms with van der Waals surface area (Å²) in [5, 5.41) is 30.6. The topological polar surface area (TPSA) is 83.2 Å². The van der Waals surface area contributed by atoms with Crippen LogP contribution in [0.1, 0.15) is 24.4 Å². The minimum atomic E-state index is -0.144. The first-order valence-electron chi connectivity index (χ1n) is 6.16. The molecule has 6 heteroatoms. The molecule has 0 amide bonds. The van der Waals surface area contributed by atoms with Crippen LogP contribution in [0.15, 0.2) is 24.5 Å². The highest BCUT2D eigenvalue weighted by atomic mass is 16.3. The summed E-state index contributed by atoms with van der Waals surface area (Å²) >= 11 is 0. The van der Waals surface area contributed by atoms with Gasteiger partial charge in [-0.1, -0.05) is 6.07 Å². The van der Waals surface area contributed by atoms with Crippen LogP contribution in [-0.4, -0.2) is 31.5 Å². The van der Waals surface area contributed by atoms with Gasteiger partial charge in [-0.3, -0.25) is 0 Å². The van der Waals surface area contributed by atoms with E-state index in [-0.39, 0.29) is 17.5 Å². The van der Waals surface area contributed by atoms with Crippen molar-refractivity contribution < 1.29 is 10.2 Å². The quantitative estimate of drug-likeness (QED) is 0.752. The predicted molar refractivity (Wildman–Crippen MR) is 70.9 cm³/mol. The van der Waals surface area contributed by atoms with Crippen LogP contribution in [0.3, 0.4) is 0 Å². The van der Waals surface area contributed by atoms with Crippen LogP contribution in [0.2, 0.25) is 0 Å². The summed E-state index contributed by atoms with van der Waals surface area (Å²) < 4.78 is 1.86. The Hall–Kier alpha value is -2.08. The lowest BCUT2D eigenvalue weighted by molar-refractivity contribution is 0.419. The molecule has 1 unspecified atom stereocenters. The maximum absolute atomic E-state index is 9.76. The highest BCUT2D eigenvalue weighted by molar-refractivity contribution is 5.44. The maximum atomic E-state index is 9.76. The van der Waals surface area contributed by atoms with Gasteiger partial charge < -0.3 is 20.1 Å². The van der Waals surface area contributed by atoms with Crippen molar-refractivity contribution in [1.29, 1.82) is 0 Å². The van der Waals surface area contributed by atoms with Crippen LogP contribution in [0.5, 0.6) is 11.5 Å². The van der Waals surface area contributed by atoms with Crippen LogP contribution in [-0.2, 0) is 13.5 Å². The van der Waals surface area contributed by atoms with Crippen molar-refractivity contribution in [2.24, 2.45) is 7.05 Å².